The van der Waals surface area contributed by atoms with Gasteiger partial charge in [0.2, 0.25) is 0 Å². The number of amides is 1. The number of nitrogens with zero attached hydrogens (tertiary/aromatic N) is 2. The fourth-order valence-corrected chi connectivity index (χ4v) is 2.17. The first-order chi connectivity index (χ1) is 11.6. The van der Waals surface area contributed by atoms with Crippen LogP contribution in [-0.2, 0) is 6.54 Å². The molecule has 1 amide bonds. The third-order valence-corrected chi connectivity index (χ3v) is 3.38. The monoisotopic (exact) mass is 323 g/mol. The van der Waals surface area contributed by atoms with Crippen LogP contribution in [0.3, 0.4) is 0 Å². The van der Waals surface area contributed by atoms with Gasteiger partial charge in [0.1, 0.15) is 11.5 Å². The van der Waals surface area contributed by atoms with Crippen molar-refractivity contribution in [3.63, 3.8) is 0 Å². The van der Waals surface area contributed by atoms with E-state index in [0.29, 0.717) is 5.69 Å². The van der Waals surface area contributed by atoms with E-state index in [1.165, 1.54) is 41.1 Å². The van der Waals surface area contributed by atoms with Crippen LogP contribution in [-0.4, -0.2) is 15.7 Å². The lowest BCUT2D eigenvalue weighted by molar-refractivity contribution is 0.102. The van der Waals surface area contributed by atoms with Crippen LogP contribution < -0.4 is 10.9 Å². The Morgan fingerprint density at radius 2 is 1.71 bits per heavy atom. The summed E-state index contributed by atoms with van der Waals surface area (Å²) in [4.78, 5) is 24.2. The van der Waals surface area contributed by atoms with Crippen LogP contribution in [0.1, 0.15) is 16.1 Å². The van der Waals surface area contributed by atoms with Gasteiger partial charge >= 0.3 is 0 Å². The van der Waals surface area contributed by atoms with Crippen molar-refractivity contribution >= 4 is 11.6 Å². The van der Waals surface area contributed by atoms with Gasteiger partial charge in [0.15, 0.2) is 0 Å². The third kappa shape index (κ3) is 3.73. The van der Waals surface area contributed by atoms with Crippen molar-refractivity contribution in [3.05, 3.63) is 94.2 Å². The van der Waals surface area contributed by atoms with Gasteiger partial charge in [-0.3, -0.25) is 9.59 Å². The maximum absolute atomic E-state index is 12.9. The second kappa shape index (κ2) is 6.87. The molecule has 3 rings (SSSR count). The molecule has 0 saturated carbocycles. The van der Waals surface area contributed by atoms with E-state index in [4.69, 9.17) is 0 Å². The average molecular weight is 323 g/mol. The second-order valence-corrected chi connectivity index (χ2v) is 5.16. The Labute approximate surface area is 137 Å². The molecule has 1 aromatic heterocycles. The number of hydrogen-bond acceptors (Lipinski definition) is 3. The van der Waals surface area contributed by atoms with Gasteiger partial charge in [-0.1, -0.05) is 30.3 Å². The predicted molar refractivity (Wildman–Crippen MR) is 88.4 cm³/mol. The molecular formula is C18H14FN3O2. The number of halogens is 1. The van der Waals surface area contributed by atoms with Crippen LogP contribution in [0.15, 0.2) is 71.5 Å². The summed E-state index contributed by atoms with van der Waals surface area (Å²) in [5.41, 5.74) is 1.17. The molecule has 0 bridgehead atoms. The van der Waals surface area contributed by atoms with Crippen LogP contribution >= 0.6 is 0 Å². The van der Waals surface area contributed by atoms with E-state index in [-0.39, 0.29) is 23.6 Å². The fraction of sp³-hybridized carbons (Fsp3) is 0.0556. The zero-order chi connectivity index (χ0) is 16.9. The summed E-state index contributed by atoms with van der Waals surface area (Å²) in [5, 5.41) is 6.71. The molecule has 0 radical (unpaired) electrons. The molecule has 5 nitrogen and oxygen atoms in total. The highest BCUT2D eigenvalue weighted by atomic mass is 19.1. The summed E-state index contributed by atoms with van der Waals surface area (Å²) in [6.45, 7) is 0.275. The summed E-state index contributed by atoms with van der Waals surface area (Å²) >= 11 is 0. The molecular weight excluding hydrogens is 309 g/mol. The molecule has 0 atom stereocenters. The Balaban J connectivity index is 1.81. The third-order valence-electron chi connectivity index (χ3n) is 3.38. The Bertz CT molecular complexity index is 906. The SMILES string of the molecule is O=C(Nc1ccc(F)cc1)c1ccc(=O)n(Cc2ccccc2)n1. The lowest BCUT2D eigenvalue weighted by atomic mass is 10.2. The first-order valence-electron chi connectivity index (χ1n) is 7.31. The highest BCUT2D eigenvalue weighted by Gasteiger charge is 2.10. The quantitative estimate of drug-likeness (QED) is 0.803. The van der Waals surface area contributed by atoms with Gasteiger partial charge in [0.25, 0.3) is 11.5 Å². The molecule has 0 spiro atoms. The van der Waals surface area contributed by atoms with Crippen molar-refractivity contribution in [1.82, 2.24) is 9.78 Å². The minimum atomic E-state index is -0.469. The molecule has 0 aliphatic heterocycles. The molecule has 6 heteroatoms. The smallest absolute Gasteiger partial charge is 0.276 e. The maximum Gasteiger partial charge on any atom is 0.276 e. The van der Waals surface area contributed by atoms with Gasteiger partial charge in [-0.2, -0.15) is 5.10 Å². The first-order valence-corrected chi connectivity index (χ1v) is 7.31. The average Bonchev–Trinajstić information content (AvgIpc) is 2.60. The maximum atomic E-state index is 12.9. The van der Waals surface area contributed by atoms with Crippen molar-refractivity contribution in [2.45, 2.75) is 6.54 Å². The minimum Gasteiger partial charge on any atom is -0.321 e. The number of hydrogen-bond donors (Lipinski definition) is 1. The molecule has 0 unspecified atom stereocenters. The highest BCUT2D eigenvalue weighted by molar-refractivity contribution is 6.02. The highest BCUT2D eigenvalue weighted by Crippen LogP contribution is 2.09. The summed E-state index contributed by atoms with van der Waals surface area (Å²) in [6.07, 6.45) is 0. The Kier molecular flexibility index (Phi) is 4.47. The van der Waals surface area contributed by atoms with Crippen LogP contribution in [0, 0.1) is 5.82 Å². The molecule has 0 saturated heterocycles. The van der Waals surface area contributed by atoms with Gasteiger partial charge in [-0.05, 0) is 35.9 Å². The molecule has 120 valence electrons. The standard InChI is InChI=1S/C18H14FN3O2/c19-14-6-8-15(9-7-14)20-18(24)16-10-11-17(23)22(21-16)12-13-4-2-1-3-5-13/h1-11H,12H2,(H,20,24). The Morgan fingerprint density at radius 1 is 1.00 bits per heavy atom. The van der Waals surface area contributed by atoms with E-state index < -0.39 is 5.91 Å². The number of carbonyl (C=O) groups excluding carboxylic acids is 1. The topological polar surface area (TPSA) is 64.0 Å². The number of nitrogens with one attached hydrogen (secondary N) is 1. The molecule has 1 heterocycles. The number of aromatic nitrogens is 2. The molecule has 2 aromatic carbocycles. The second-order valence-electron chi connectivity index (χ2n) is 5.16. The van der Waals surface area contributed by atoms with E-state index >= 15 is 0 Å². The predicted octanol–water partition coefficient (Wildman–Crippen LogP) is 2.68. The van der Waals surface area contributed by atoms with Crippen molar-refractivity contribution in [2.24, 2.45) is 0 Å². The van der Waals surface area contributed by atoms with Crippen molar-refractivity contribution in [2.75, 3.05) is 5.32 Å². The lowest BCUT2D eigenvalue weighted by Gasteiger charge is -2.08. The van der Waals surface area contributed by atoms with Gasteiger partial charge in [0.05, 0.1) is 6.54 Å². The molecule has 0 aliphatic carbocycles. The van der Waals surface area contributed by atoms with E-state index in [9.17, 15) is 14.0 Å². The van der Waals surface area contributed by atoms with Crippen molar-refractivity contribution in [1.29, 1.82) is 0 Å². The minimum absolute atomic E-state index is 0.106. The molecule has 24 heavy (non-hydrogen) atoms. The van der Waals surface area contributed by atoms with Gasteiger partial charge in [-0.25, -0.2) is 9.07 Å². The van der Waals surface area contributed by atoms with Crippen molar-refractivity contribution in [3.8, 4) is 0 Å². The number of carbonyl (C=O) groups is 1. The van der Waals surface area contributed by atoms with Crippen LogP contribution in [0.2, 0.25) is 0 Å². The Hall–Kier alpha value is -3.28. The normalized spacial score (nSPS) is 10.4. The number of rotatable bonds is 4. The summed E-state index contributed by atoms with van der Waals surface area (Å²) in [5.74, 6) is -0.856. The van der Waals surface area contributed by atoms with E-state index in [1.54, 1.807) is 0 Å². The van der Waals surface area contributed by atoms with Gasteiger partial charge in [-0.15, -0.1) is 0 Å². The van der Waals surface area contributed by atoms with Crippen LogP contribution in [0.4, 0.5) is 10.1 Å². The lowest BCUT2D eigenvalue weighted by Crippen LogP contribution is -2.26. The number of benzene rings is 2. The largest absolute Gasteiger partial charge is 0.321 e. The molecule has 0 fully saturated rings. The Morgan fingerprint density at radius 3 is 2.42 bits per heavy atom. The molecule has 0 aliphatic rings. The number of anilines is 1. The van der Waals surface area contributed by atoms with Crippen LogP contribution in [0.5, 0.6) is 0 Å². The van der Waals surface area contributed by atoms with Gasteiger partial charge in [0, 0.05) is 11.8 Å². The van der Waals surface area contributed by atoms with Gasteiger partial charge < -0.3 is 5.32 Å². The van der Waals surface area contributed by atoms with E-state index in [1.807, 2.05) is 30.3 Å². The zero-order valence-corrected chi connectivity index (χ0v) is 12.6. The first kappa shape index (κ1) is 15.6. The summed E-state index contributed by atoms with van der Waals surface area (Å²) in [7, 11) is 0. The summed E-state index contributed by atoms with van der Waals surface area (Å²) in [6, 6.07) is 17.4. The molecule has 3 aromatic rings. The zero-order valence-electron chi connectivity index (χ0n) is 12.6. The van der Waals surface area contributed by atoms with E-state index in [2.05, 4.69) is 10.4 Å². The summed E-state index contributed by atoms with van der Waals surface area (Å²) < 4.78 is 14.1. The fourth-order valence-electron chi connectivity index (χ4n) is 2.17. The van der Waals surface area contributed by atoms with Crippen molar-refractivity contribution < 1.29 is 9.18 Å². The molecule has 1 N–H and O–H groups in total. The van der Waals surface area contributed by atoms with E-state index in [0.717, 1.165) is 5.56 Å². The van der Waals surface area contributed by atoms with Crippen LogP contribution in [0.25, 0.3) is 0 Å².